The molecule has 17 nitrogen and oxygen atoms in total. The molecule has 3 aromatic carbocycles. The summed E-state index contributed by atoms with van der Waals surface area (Å²) in [5, 5.41) is 84.4. The van der Waals surface area contributed by atoms with Crippen LogP contribution in [0.5, 0.6) is 17.2 Å². The summed E-state index contributed by atoms with van der Waals surface area (Å²) in [6.45, 7) is 1.41. The topological polar surface area (TPSA) is 256 Å². The molecule has 0 bridgehead atoms. The molecule has 68 heavy (non-hydrogen) atoms. The molecule has 1 saturated carbocycles. The number of carbonyl (C=O) groups is 1. The number of ether oxygens (including phenoxy) is 1. The van der Waals surface area contributed by atoms with Crippen LogP contribution in [-0.2, 0) is 27.4 Å². The fourth-order valence-corrected chi connectivity index (χ4v) is 11.2. The van der Waals surface area contributed by atoms with Gasteiger partial charge in [0, 0.05) is 79.3 Å². The van der Waals surface area contributed by atoms with Gasteiger partial charge in [-0.15, -0.1) is 0 Å². The van der Waals surface area contributed by atoms with E-state index < -0.39 is 55.3 Å². The van der Waals surface area contributed by atoms with Gasteiger partial charge in [-0.25, -0.2) is 9.78 Å². The maximum Gasteiger partial charge on any atom is 0.220 e. The molecule has 4 aliphatic heterocycles. The number of allylic oxidation sites excluding steroid dienone is 2. The highest BCUT2D eigenvalue weighted by molar-refractivity contribution is 5.96. The van der Waals surface area contributed by atoms with Gasteiger partial charge in [-0.1, -0.05) is 31.1 Å². The minimum atomic E-state index is -2.43. The lowest BCUT2D eigenvalue weighted by Crippen LogP contribution is -2.62. The Morgan fingerprint density at radius 2 is 1.85 bits per heavy atom. The van der Waals surface area contributed by atoms with Crippen LogP contribution in [-0.4, -0.2) is 122 Å². The van der Waals surface area contributed by atoms with Gasteiger partial charge in [0.1, 0.15) is 65.2 Å². The van der Waals surface area contributed by atoms with E-state index in [0.717, 1.165) is 37.0 Å². The first-order valence-electron chi connectivity index (χ1n) is 23.5. The van der Waals surface area contributed by atoms with Gasteiger partial charge in [-0.2, -0.15) is 0 Å². The predicted octanol–water partition coefficient (Wildman–Crippen LogP) is 3.24. The number of aromatic hydroxyl groups is 2. The van der Waals surface area contributed by atoms with Gasteiger partial charge in [0.2, 0.25) is 5.91 Å². The zero-order chi connectivity index (χ0) is 47.5. The number of hydrogen-bond acceptors (Lipinski definition) is 16. The van der Waals surface area contributed by atoms with Crippen LogP contribution in [0.4, 0.5) is 5.69 Å². The van der Waals surface area contributed by atoms with Crippen LogP contribution in [0.3, 0.4) is 0 Å². The van der Waals surface area contributed by atoms with Gasteiger partial charge in [-0.3, -0.25) is 14.6 Å². The number of amides is 1. The number of aliphatic hydroxyl groups is 5. The van der Waals surface area contributed by atoms with Gasteiger partial charge >= 0.3 is 0 Å². The molecule has 4 aromatic rings. The van der Waals surface area contributed by atoms with E-state index in [1.807, 2.05) is 17.2 Å². The molecule has 0 radical (unpaired) electrons. The van der Waals surface area contributed by atoms with Crippen molar-refractivity contribution in [1.29, 1.82) is 0 Å². The Hall–Kier alpha value is -5.63. The first-order chi connectivity index (χ1) is 32.7. The zero-order valence-electron chi connectivity index (χ0n) is 37.7. The lowest BCUT2D eigenvalue weighted by molar-refractivity contribution is -0.376. The third kappa shape index (κ3) is 8.48. The number of fused-ring (bicyclic) bond motifs is 4. The normalized spacial score (nSPS) is 26.7. The number of hydrogen-bond donors (Lipinski definition) is 9. The van der Waals surface area contributed by atoms with E-state index >= 15 is 0 Å². The largest absolute Gasteiger partial charge is 0.508 e. The van der Waals surface area contributed by atoms with Crippen LogP contribution in [0.2, 0.25) is 0 Å². The number of phenolic OH excluding ortho intramolecular Hbond substituents is 2. The molecule has 6 aliphatic rings. The quantitative estimate of drug-likeness (QED) is 0.0471. The highest BCUT2D eigenvalue weighted by Gasteiger charge is 2.56. The number of nitrogens with one attached hydrogen (secondary N) is 2. The first kappa shape index (κ1) is 46.1. The van der Waals surface area contributed by atoms with E-state index in [1.165, 1.54) is 36.4 Å². The lowest BCUT2D eigenvalue weighted by Gasteiger charge is -2.51. The number of aryl methyl sites for hydroxylation is 1. The Bertz CT molecular complexity index is 2800. The van der Waals surface area contributed by atoms with Crippen molar-refractivity contribution in [2.75, 3.05) is 37.7 Å². The van der Waals surface area contributed by atoms with Gasteiger partial charge in [0.25, 0.3) is 0 Å². The van der Waals surface area contributed by atoms with Crippen LogP contribution >= 0.6 is 0 Å². The highest BCUT2D eigenvalue weighted by atomic mass is 17.2. The summed E-state index contributed by atoms with van der Waals surface area (Å²) in [5.74, 6) is 0.0747. The maximum atomic E-state index is 13.8. The third-order valence-corrected chi connectivity index (χ3v) is 15.0. The molecule has 10 rings (SSSR count). The Morgan fingerprint density at radius 1 is 1.03 bits per heavy atom. The van der Waals surface area contributed by atoms with Crippen LogP contribution in [0.25, 0.3) is 21.7 Å². The molecular weight excluding hydrogens is 877 g/mol. The van der Waals surface area contributed by atoms with Crippen molar-refractivity contribution in [1.82, 2.24) is 10.6 Å². The Labute approximate surface area is 391 Å². The molecule has 1 aromatic heterocycles. The standard InChI is InChI=1S/C51H58N4O13/c1-27-14-41(59)38-15-31-16-43(68-65-26-50(64,49(63)46(62)42(60)25-56)19-29-7-11-40(58)36-10-9-35(57)18-37(29)36)51(67-47(31)45(48(38)66-27)55-23-30-12-13-52-39(30)24-55)20-28(32-17-44(61)54-21-32)6-8-33(51)22-53-34-4-2-3-5-34/h6-15,18,24,28,32-34,42-43,46,49,53,56-58,60,62-64H,2-5,16-17,19-23,25-26H2,1H3,(H,54,61)/t28-,32+,33+,42+,43+,46+,49-,50-,51-/m0/s1. The maximum absolute atomic E-state index is 13.8. The number of aliphatic imine (C=N–C) groups is 1. The van der Waals surface area contributed by atoms with E-state index in [0.29, 0.717) is 82.5 Å². The number of anilines is 1. The monoisotopic (exact) mass is 934 g/mol. The van der Waals surface area contributed by atoms with E-state index in [-0.39, 0.29) is 53.1 Å². The average Bonchev–Trinajstić information content (AvgIpc) is 4.16. The fraction of sp³-hybridized carbons (Fsp3) is 0.471. The minimum Gasteiger partial charge on any atom is -0.508 e. The predicted molar refractivity (Wildman–Crippen MR) is 250 cm³/mol. The van der Waals surface area contributed by atoms with Crippen molar-refractivity contribution in [3.63, 3.8) is 0 Å². The molecule has 0 unspecified atom stereocenters. The SMILES string of the molecule is Cc1cc(=O)c2cc3c(c(N4C=C5N=CC=C5C4)c2o1)O[C@]1(C[C@@H]([C@H]2CNC(=O)C2)C=C[C@@H]1CNC1CCCC1)[C@H](OOC[C@@](O)(Cc1ccc(O)c2ccc(O)cc12)[C@@H](O)[C@H](O)[C@H](O)CO)C3. The molecule has 1 amide bonds. The third-order valence-electron chi connectivity index (χ3n) is 15.0. The molecule has 17 heteroatoms. The number of phenols is 2. The van der Waals surface area contributed by atoms with E-state index in [4.69, 9.17) is 18.9 Å². The van der Waals surface area contributed by atoms with Crippen molar-refractivity contribution in [2.45, 2.75) is 100.0 Å². The molecule has 1 saturated heterocycles. The second-order valence-electron chi connectivity index (χ2n) is 19.5. The summed E-state index contributed by atoms with van der Waals surface area (Å²) in [6.07, 6.45) is 7.58. The molecular formula is C51H58N4O13. The number of benzene rings is 3. The summed E-state index contributed by atoms with van der Waals surface area (Å²) in [7, 11) is 0. The van der Waals surface area contributed by atoms with Crippen LogP contribution < -0.4 is 25.7 Å². The second-order valence-corrected chi connectivity index (χ2v) is 19.5. The Morgan fingerprint density at radius 3 is 2.62 bits per heavy atom. The zero-order valence-corrected chi connectivity index (χ0v) is 37.7. The summed E-state index contributed by atoms with van der Waals surface area (Å²) in [5.41, 5.74) is -0.266. The number of rotatable bonds is 15. The summed E-state index contributed by atoms with van der Waals surface area (Å²) >= 11 is 0. The highest BCUT2D eigenvalue weighted by Crippen LogP contribution is 2.53. The van der Waals surface area contributed by atoms with E-state index in [9.17, 15) is 45.3 Å². The molecule has 360 valence electrons. The smallest absolute Gasteiger partial charge is 0.220 e. The van der Waals surface area contributed by atoms with Crippen LogP contribution in [0.15, 0.2) is 92.4 Å². The van der Waals surface area contributed by atoms with Crippen molar-refractivity contribution in [3.05, 3.63) is 105 Å². The molecule has 2 aliphatic carbocycles. The molecule has 2 fully saturated rings. The van der Waals surface area contributed by atoms with Crippen LogP contribution in [0.1, 0.15) is 55.4 Å². The van der Waals surface area contributed by atoms with Gasteiger partial charge < -0.3 is 60.4 Å². The van der Waals surface area contributed by atoms with Gasteiger partial charge in [-0.05, 0) is 85.4 Å². The van der Waals surface area contributed by atoms with Crippen molar-refractivity contribution in [2.24, 2.45) is 22.7 Å². The van der Waals surface area contributed by atoms with Crippen molar-refractivity contribution >= 4 is 39.6 Å². The minimum absolute atomic E-state index is 0.0415. The van der Waals surface area contributed by atoms with Crippen molar-refractivity contribution in [3.8, 4) is 17.2 Å². The number of carbonyl (C=O) groups excluding carboxylic acids is 1. The summed E-state index contributed by atoms with van der Waals surface area (Å²) in [6, 6.07) is 10.7. The van der Waals surface area contributed by atoms with E-state index in [1.54, 1.807) is 19.2 Å². The van der Waals surface area contributed by atoms with Crippen LogP contribution in [0, 0.1) is 24.7 Å². The number of nitrogens with zero attached hydrogens (tertiary/aromatic N) is 2. The van der Waals surface area contributed by atoms with Gasteiger partial charge in [0.05, 0.1) is 24.2 Å². The number of aliphatic hydroxyl groups excluding tert-OH is 4. The van der Waals surface area contributed by atoms with E-state index in [2.05, 4.69) is 27.8 Å². The Balaban J connectivity index is 1.07. The average molecular weight is 935 g/mol. The summed E-state index contributed by atoms with van der Waals surface area (Å²) in [4.78, 5) is 45.8. The fourth-order valence-electron chi connectivity index (χ4n) is 11.2. The Kier molecular flexibility index (Phi) is 12.5. The second kappa shape index (κ2) is 18.4. The molecule has 9 atom stereocenters. The molecule has 9 N–H and O–H groups in total. The molecule has 5 heterocycles. The summed E-state index contributed by atoms with van der Waals surface area (Å²) < 4.78 is 14.0. The van der Waals surface area contributed by atoms with Gasteiger partial charge in [0.15, 0.2) is 16.8 Å². The lowest BCUT2D eigenvalue weighted by atomic mass is 9.66. The first-order valence-corrected chi connectivity index (χ1v) is 23.5. The molecule has 1 spiro atoms. The van der Waals surface area contributed by atoms with Crippen molar-refractivity contribution < 1.29 is 59.5 Å².